The quantitative estimate of drug-likeness (QED) is 0.788. The molecule has 1 amide bonds. The average molecular weight is 402 g/mol. The summed E-state index contributed by atoms with van der Waals surface area (Å²) in [5, 5.41) is 2.56. The lowest BCUT2D eigenvalue weighted by Gasteiger charge is -2.27. The van der Waals surface area contributed by atoms with Gasteiger partial charge < -0.3 is 4.90 Å². The van der Waals surface area contributed by atoms with Crippen molar-refractivity contribution in [2.24, 2.45) is 0 Å². The van der Waals surface area contributed by atoms with E-state index in [1.807, 2.05) is 4.90 Å². The van der Waals surface area contributed by atoms with E-state index in [1.165, 1.54) is 33.7 Å². The number of benzene rings is 2. The van der Waals surface area contributed by atoms with Crippen LogP contribution in [-0.4, -0.2) is 54.8 Å². The molecule has 2 aromatic rings. The lowest BCUT2D eigenvalue weighted by atomic mass is 9.94. The van der Waals surface area contributed by atoms with Gasteiger partial charge in [-0.05, 0) is 34.8 Å². The van der Waals surface area contributed by atoms with E-state index in [4.69, 9.17) is 0 Å². The van der Waals surface area contributed by atoms with Crippen LogP contribution in [0.2, 0.25) is 0 Å². The van der Waals surface area contributed by atoms with E-state index in [0.717, 1.165) is 13.0 Å². The van der Waals surface area contributed by atoms with E-state index < -0.39 is 9.84 Å². The van der Waals surface area contributed by atoms with E-state index in [2.05, 4.69) is 48.5 Å². The second-order valence-electron chi connectivity index (χ2n) is 7.18. The van der Waals surface area contributed by atoms with Crippen molar-refractivity contribution < 1.29 is 13.2 Å². The van der Waals surface area contributed by atoms with Crippen molar-refractivity contribution in [3.8, 4) is 0 Å². The Morgan fingerprint density at radius 1 is 1.15 bits per heavy atom. The average Bonchev–Trinajstić information content (AvgIpc) is 3.04. The van der Waals surface area contributed by atoms with Crippen molar-refractivity contribution in [2.45, 2.75) is 18.1 Å². The van der Waals surface area contributed by atoms with E-state index >= 15 is 0 Å². The second kappa shape index (κ2) is 7.68. The van der Waals surface area contributed by atoms with Gasteiger partial charge in [0.25, 0.3) is 0 Å². The SMILES string of the molecule is O=C(CS[C@@H]1CCS(=O)(=O)C1)N1CC=C(c2cccc3ccccc23)CC1. The minimum atomic E-state index is -2.88. The predicted octanol–water partition coefficient (Wildman–Crippen LogP) is 3.38. The van der Waals surface area contributed by atoms with Crippen LogP contribution in [0.1, 0.15) is 18.4 Å². The first kappa shape index (κ1) is 18.6. The van der Waals surface area contributed by atoms with Crippen LogP contribution in [-0.2, 0) is 14.6 Å². The summed E-state index contributed by atoms with van der Waals surface area (Å²) in [6.07, 6.45) is 3.68. The summed E-state index contributed by atoms with van der Waals surface area (Å²) in [6.45, 7) is 1.35. The molecular formula is C21H23NO3S2. The van der Waals surface area contributed by atoms with Gasteiger partial charge in [0.15, 0.2) is 9.84 Å². The summed E-state index contributed by atoms with van der Waals surface area (Å²) in [5.41, 5.74) is 2.55. The molecule has 27 heavy (non-hydrogen) atoms. The fourth-order valence-electron chi connectivity index (χ4n) is 3.82. The molecule has 6 heteroatoms. The molecular weight excluding hydrogens is 378 g/mol. The molecule has 4 rings (SSSR count). The van der Waals surface area contributed by atoms with Gasteiger partial charge in [0.1, 0.15) is 0 Å². The molecule has 0 N–H and O–H groups in total. The van der Waals surface area contributed by atoms with E-state index in [1.54, 1.807) is 0 Å². The summed E-state index contributed by atoms with van der Waals surface area (Å²) in [4.78, 5) is 14.4. The van der Waals surface area contributed by atoms with Crippen molar-refractivity contribution in [2.75, 3.05) is 30.3 Å². The van der Waals surface area contributed by atoms with Gasteiger partial charge in [-0.2, -0.15) is 0 Å². The van der Waals surface area contributed by atoms with Gasteiger partial charge in [-0.25, -0.2) is 8.42 Å². The van der Waals surface area contributed by atoms with Gasteiger partial charge in [0.05, 0.1) is 17.3 Å². The van der Waals surface area contributed by atoms with Crippen LogP contribution >= 0.6 is 11.8 Å². The molecule has 0 aromatic heterocycles. The van der Waals surface area contributed by atoms with E-state index in [9.17, 15) is 13.2 Å². The number of fused-ring (bicyclic) bond motifs is 1. The maximum Gasteiger partial charge on any atom is 0.232 e. The fraction of sp³-hybridized carbons (Fsp3) is 0.381. The first-order valence-electron chi connectivity index (χ1n) is 9.29. The predicted molar refractivity (Wildman–Crippen MR) is 113 cm³/mol. The molecule has 0 bridgehead atoms. The number of thioether (sulfide) groups is 1. The monoisotopic (exact) mass is 401 g/mol. The highest BCUT2D eigenvalue weighted by atomic mass is 32.2. The Balaban J connectivity index is 1.39. The van der Waals surface area contributed by atoms with Gasteiger partial charge in [-0.1, -0.05) is 48.5 Å². The van der Waals surface area contributed by atoms with Gasteiger partial charge in [0.2, 0.25) is 5.91 Å². The van der Waals surface area contributed by atoms with Crippen LogP contribution in [0.15, 0.2) is 48.5 Å². The maximum absolute atomic E-state index is 12.5. The molecule has 2 heterocycles. The Labute approximate surface area is 164 Å². The van der Waals surface area contributed by atoms with Crippen LogP contribution in [0.3, 0.4) is 0 Å². The van der Waals surface area contributed by atoms with E-state index in [0.29, 0.717) is 18.7 Å². The Morgan fingerprint density at radius 3 is 2.70 bits per heavy atom. The van der Waals surface area contributed by atoms with Crippen LogP contribution in [0.4, 0.5) is 0 Å². The van der Waals surface area contributed by atoms with Crippen LogP contribution in [0, 0.1) is 0 Å². The first-order chi connectivity index (χ1) is 13.0. The Morgan fingerprint density at radius 2 is 1.96 bits per heavy atom. The highest BCUT2D eigenvalue weighted by Crippen LogP contribution is 2.30. The first-order valence-corrected chi connectivity index (χ1v) is 12.2. The van der Waals surface area contributed by atoms with Gasteiger partial charge in [0, 0.05) is 18.3 Å². The third-order valence-electron chi connectivity index (χ3n) is 5.33. The smallest absolute Gasteiger partial charge is 0.232 e. The molecule has 1 fully saturated rings. The van der Waals surface area contributed by atoms with Crippen LogP contribution < -0.4 is 0 Å². The number of hydrogen-bond acceptors (Lipinski definition) is 4. The van der Waals surface area contributed by atoms with Crippen molar-refractivity contribution in [3.05, 3.63) is 54.1 Å². The Bertz CT molecular complexity index is 992. The minimum Gasteiger partial charge on any atom is -0.338 e. The number of carbonyl (C=O) groups excluding carboxylic acids is 1. The molecule has 142 valence electrons. The topological polar surface area (TPSA) is 54.5 Å². The molecule has 0 aliphatic carbocycles. The molecule has 2 aliphatic heterocycles. The number of rotatable bonds is 4. The minimum absolute atomic E-state index is 0.0746. The van der Waals surface area contributed by atoms with Gasteiger partial charge in [-0.3, -0.25) is 4.79 Å². The number of amides is 1. The number of carbonyl (C=O) groups is 1. The standard InChI is InChI=1S/C21H23NO3S2/c23-21(14-26-18-10-13-27(24,25)15-18)22-11-8-17(9-12-22)20-7-3-5-16-4-1-2-6-19(16)20/h1-8,18H,9-15H2/t18-/m1/s1. The largest absolute Gasteiger partial charge is 0.338 e. The number of nitrogens with zero attached hydrogens (tertiary/aromatic N) is 1. The summed E-state index contributed by atoms with van der Waals surface area (Å²) in [7, 11) is -2.88. The summed E-state index contributed by atoms with van der Waals surface area (Å²) in [6, 6.07) is 14.7. The Hall–Kier alpha value is -1.79. The molecule has 2 aliphatic rings. The van der Waals surface area contributed by atoms with E-state index in [-0.39, 0.29) is 22.7 Å². The Kier molecular flexibility index (Phi) is 5.28. The zero-order valence-corrected chi connectivity index (χ0v) is 16.8. The van der Waals surface area contributed by atoms with Crippen molar-refractivity contribution in [1.82, 2.24) is 4.90 Å². The van der Waals surface area contributed by atoms with Gasteiger partial charge in [-0.15, -0.1) is 11.8 Å². The summed E-state index contributed by atoms with van der Waals surface area (Å²) >= 11 is 1.50. The molecule has 4 nitrogen and oxygen atoms in total. The molecule has 0 unspecified atom stereocenters. The zero-order chi connectivity index (χ0) is 18.9. The highest BCUT2D eigenvalue weighted by molar-refractivity contribution is 8.02. The molecule has 1 saturated heterocycles. The normalized spacial score (nSPS) is 22.0. The van der Waals surface area contributed by atoms with Crippen molar-refractivity contribution in [3.63, 3.8) is 0 Å². The lowest BCUT2D eigenvalue weighted by Crippen LogP contribution is -2.36. The molecule has 0 saturated carbocycles. The van der Waals surface area contributed by atoms with Crippen molar-refractivity contribution >= 4 is 43.9 Å². The molecule has 0 radical (unpaired) electrons. The third-order valence-corrected chi connectivity index (χ3v) is 8.60. The number of sulfone groups is 1. The molecule has 1 atom stereocenters. The van der Waals surface area contributed by atoms with Crippen molar-refractivity contribution in [1.29, 1.82) is 0 Å². The lowest BCUT2D eigenvalue weighted by molar-refractivity contribution is -0.127. The van der Waals surface area contributed by atoms with Crippen LogP contribution in [0.5, 0.6) is 0 Å². The summed E-state index contributed by atoms with van der Waals surface area (Å²) in [5.74, 6) is 0.963. The molecule has 0 spiro atoms. The third kappa shape index (κ3) is 4.22. The summed E-state index contributed by atoms with van der Waals surface area (Å²) < 4.78 is 23.1. The number of hydrogen-bond donors (Lipinski definition) is 0. The second-order valence-corrected chi connectivity index (χ2v) is 10.7. The maximum atomic E-state index is 12.5. The van der Waals surface area contributed by atoms with Crippen LogP contribution in [0.25, 0.3) is 16.3 Å². The fourth-order valence-corrected chi connectivity index (χ4v) is 7.36. The highest BCUT2D eigenvalue weighted by Gasteiger charge is 2.29. The zero-order valence-electron chi connectivity index (χ0n) is 15.1. The van der Waals surface area contributed by atoms with Gasteiger partial charge >= 0.3 is 0 Å². The molecule has 2 aromatic carbocycles.